The van der Waals surface area contributed by atoms with Crippen molar-refractivity contribution in [3.63, 3.8) is 0 Å². The summed E-state index contributed by atoms with van der Waals surface area (Å²) in [5.74, 6) is 0.632. The molecule has 3 rings (SSSR count). The zero-order valence-electron chi connectivity index (χ0n) is 14.2. The van der Waals surface area contributed by atoms with Gasteiger partial charge in [-0.1, -0.05) is 12.1 Å². The van der Waals surface area contributed by atoms with E-state index in [0.717, 1.165) is 5.56 Å². The van der Waals surface area contributed by atoms with Crippen molar-refractivity contribution in [3.05, 3.63) is 47.0 Å². The van der Waals surface area contributed by atoms with Gasteiger partial charge in [-0.25, -0.2) is 19.7 Å². The first-order chi connectivity index (χ1) is 11.9. The Balaban J connectivity index is 2.17. The van der Waals surface area contributed by atoms with Crippen LogP contribution in [0.3, 0.4) is 0 Å². The molecule has 1 atom stereocenters. The molecule has 2 aromatic heterocycles. The number of nitrogens with zero attached hydrogens (tertiary/aromatic N) is 4. The Hall–Kier alpha value is -3.00. The Morgan fingerprint density at radius 3 is 2.72 bits per heavy atom. The van der Waals surface area contributed by atoms with E-state index in [-0.39, 0.29) is 5.56 Å². The van der Waals surface area contributed by atoms with Crippen molar-refractivity contribution in [2.24, 2.45) is 0 Å². The quantitative estimate of drug-likeness (QED) is 0.650. The molecule has 0 amide bonds. The predicted molar refractivity (Wildman–Crippen MR) is 92.7 cm³/mol. The summed E-state index contributed by atoms with van der Waals surface area (Å²) in [7, 11) is 1.75. The maximum atomic E-state index is 11.2. The lowest BCUT2D eigenvalue weighted by atomic mass is 10.1. The molecule has 0 radical (unpaired) electrons. The summed E-state index contributed by atoms with van der Waals surface area (Å²) in [6.07, 6.45) is -0.804. The van der Waals surface area contributed by atoms with Gasteiger partial charge in [0.15, 0.2) is 17.0 Å². The molecular formula is C17H19N5O3. The number of aromatic nitrogens is 4. The van der Waals surface area contributed by atoms with Crippen LogP contribution in [0.4, 0.5) is 5.82 Å². The monoisotopic (exact) mass is 341 g/mol. The van der Waals surface area contributed by atoms with E-state index in [4.69, 9.17) is 5.11 Å². The van der Waals surface area contributed by atoms with E-state index >= 15 is 0 Å². The number of aromatic carboxylic acids is 1. The lowest BCUT2D eigenvalue weighted by Gasteiger charge is -2.11. The van der Waals surface area contributed by atoms with E-state index in [0.29, 0.717) is 35.2 Å². The van der Waals surface area contributed by atoms with Gasteiger partial charge in [-0.05, 0) is 31.5 Å². The van der Waals surface area contributed by atoms with Crippen molar-refractivity contribution >= 4 is 23.0 Å². The fraction of sp³-hybridized carbons (Fsp3) is 0.294. The highest BCUT2D eigenvalue weighted by atomic mass is 16.4. The molecule has 0 saturated heterocycles. The van der Waals surface area contributed by atoms with Gasteiger partial charge in [0.2, 0.25) is 0 Å². The zero-order chi connectivity index (χ0) is 18.1. The van der Waals surface area contributed by atoms with Crippen molar-refractivity contribution in [1.82, 2.24) is 19.5 Å². The zero-order valence-corrected chi connectivity index (χ0v) is 14.2. The van der Waals surface area contributed by atoms with Gasteiger partial charge < -0.3 is 20.1 Å². The third kappa shape index (κ3) is 3.16. The maximum Gasteiger partial charge on any atom is 0.335 e. The molecule has 1 unspecified atom stereocenters. The van der Waals surface area contributed by atoms with Gasteiger partial charge in [0, 0.05) is 7.05 Å². The first-order valence-electron chi connectivity index (χ1n) is 7.83. The van der Waals surface area contributed by atoms with Gasteiger partial charge in [0.05, 0.1) is 12.1 Å². The second-order valence-electron chi connectivity index (χ2n) is 5.78. The second kappa shape index (κ2) is 6.48. The largest absolute Gasteiger partial charge is 0.478 e. The van der Waals surface area contributed by atoms with E-state index < -0.39 is 12.1 Å². The van der Waals surface area contributed by atoms with Crippen LogP contribution in [0.2, 0.25) is 0 Å². The number of carboxylic acid groups (broad SMARTS) is 1. The number of nitrogens with one attached hydrogen (secondary N) is 1. The Morgan fingerprint density at radius 1 is 1.32 bits per heavy atom. The lowest BCUT2D eigenvalue weighted by Crippen LogP contribution is -2.09. The SMILES string of the molecule is CNc1nc(C)nc2c1nc(C(C)O)n2Cc1cccc(C(=O)O)c1. The topological polar surface area (TPSA) is 113 Å². The van der Waals surface area contributed by atoms with Gasteiger partial charge in [-0.2, -0.15) is 0 Å². The molecule has 0 aliphatic heterocycles. The smallest absolute Gasteiger partial charge is 0.335 e. The molecule has 0 aliphatic rings. The minimum absolute atomic E-state index is 0.210. The molecule has 3 N–H and O–H groups in total. The summed E-state index contributed by atoms with van der Waals surface area (Å²) >= 11 is 0. The molecule has 0 saturated carbocycles. The van der Waals surface area contributed by atoms with Gasteiger partial charge >= 0.3 is 5.97 Å². The van der Waals surface area contributed by atoms with Crippen LogP contribution in [0.15, 0.2) is 24.3 Å². The van der Waals surface area contributed by atoms with Gasteiger partial charge in [0.25, 0.3) is 0 Å². The molecule has 2 heterocycles. The number of hydrogen-bond acceptors (Lipinski definition) is 6. The van der Waals surface area contributed by atoms with Gasteiger partial charge in [-0.3, -0.25) is 0 Å². The van der Waals surface area contributed by atoms with Crippen molar-refractivity contribution in [3.8, 4) is 0 Å². The fourth-order valence-corrected chi connectivity index (χ4v) is 2.76. The number of aryl methyl sites for hydroxylation is 1. The number of anilines is 1. The van der Waals surface area contributed by atoms with Crippen molar-refractivity contribution < 1.29 is 15.0 Å². The Bertz CT molecular complexity index is 949. The number of benzene rings is 1. The second-order valence-corrected chi connectivity index (χ2v) is 5.78. The number of imidazole rings is 1. The molecular weight excluding hydrogens is 322 g/mol. The predicted octanol–water partition coefficient (Wildman–Crippen LogP) is 1.98. The van der Waals surface area contributed by atoms with Gasteiger partial charge in [0.1, 0.15) is 17.8 Å². The van der Waals surface area contributed by atoms with E-state index in [1.165, 1.54) is 0 Å². The van der Waals surface area contributed by atoms with Crippen LogP contribution in [0.1, 0.15) is 40.6 Å². The molecule has 8 heteroatoms. The molecule has 25 heavy (non-hydrogen) atoms. The van der Waals surface area contributed by atoms with E-state index in [1.807, 2.05) is 6.07 Å². The first-order valence-corrected chi connectivity index (χ1v) is 7.83. The van der Waals surface area contributed by atoms with E-state index in [2.05, 4.69) is 20.3 Å². The first kappa shape index (κ1) is 16.8. The van der Waals surface area contributed by atoms with Gasteiger partial charge in [-0.15, -0.1) is 0 Å². The maximum absolute atomic E-state index is 11.2. The summed E-state index contributed by atoms with van der Waals surface area (Å²) in [6, 6.07) is 6.67. The Labute approximate surface area is 144 Å². The molecule has 130 valence electrons. The number of aliphatic hydroxyl groups excluding tert-OH is 1. The average Bonchev–Trinajstić information content (AvgIpc) is 2.93. The van der Waals surface area contributed by atoms with E-state index in [1.54, 1.807) is 43.7 Å². The average molecular weight is 341 g/mol. The Kier molecular flexibility index (Phi) is 4.37. The fourth-order valence-electron chi connectivity index (χ4n) is 2.76. The van der Waals surface area contributed by atoms with Crippen LogP contribution < -0.4 is 5.32 Å². The summed E-state index contributed by atoms with van der Waals surface area (Å²) in [5.41, 5.74) is 2.15. The van der Waals surface area contributed by atoms with Crippen LogP contribution in [-0.2, 0) is 6.54 Å². The van der Waals surface area contributed by atoms with Crippen LogP contribution in [0, 0.1) is 6.92 Å². The minimum Gasteiger partial charge on any atom is -0.478 e. The van der Waals surface area contributed by atoms with Crippen LogP contribution >= 0.6 is 0 Å². The van der Waals surface area contributed by atoms with E-state index in [9.17, 15) is 9.90 Å². The minimum atomic E-state index is -0.983. The number of carboxylic acids is 1. The van der Waals surface area contributed by atoms with Crippen molar-refractivity contribution in [2.45, 2.75) is 26.5 Å². The summed E-state index contributed by atoms with van der Waals surface area (Å²) in [5, 5.41) is 22.3. The summed E-state index contributed by atoms with van der Waals surface area (Å²) in [6.45, 7) is 3.76. The number of hydrogen-bond donors (Lipinski definition) is 3. The highest BCUT2D eigenvalue weighted by Gasteiger charge is 2.20. The van der Waals surface area contributed by atoms with Crippen LogP contribution in [-0.4, -0.2) is 42.7 Å². The third-order valence-electron chi connectivity index (χ3n) is 3.86. The Morgan fingerprint density at radius 2 is 2.08 bits per heavy atom. The number of carbonyl (C=O) groups is 1. The molecule has 0 aliphatic carbocycles. The number of rotatable bonds is 5. The molecule has 1 aromatic carbocycles. The van der Waals surface area contributed by atoms with Crippen molar-refractivity contribution in [2.75, 3.05) is 12.4 Å². The molecule has 3 aromatic rings. The molecule has 0 bridgehead atoms. The normalized spacial score (nSPS) is 12.3. The number of aliphatic hydroxyl groups is 1. The summed E-state index contributed by atoms with van der Waals surface area (Å²) in [4.78, 5) is 24.5. The molecule has 0 spiro atoms. The van der Waals surface area contributed by atoms with Crippen molar-refractivity contribution in [1.29, 1.82) is 0 Å². The van der Waals surface area contributed by atoms with Crippen LogP contribution in [0.25, 0.3) is 11.2 Å². The third-order valence-corrected chi connectivity index (χ3v) is 3.86. The molecule has 8 nitrogen and oxygen atoms in total. The highest BCUT2D eigenvalue weighted by Crippen LogP contribution is 2.25. The highest BCUT2D eigenvalue weighted by molar-refractivity contribution is 5.87. The lowest BCUT2D eigenvalue weighted by molar-refractivity contribution is 0.0696. The standard InChI is InChI=1S/C17H19N5O3/c1-9(23)15-21-13-14(18-3)19-10(2)20-16(13)22(15)8-11-5-4-6-12(7-11)17(24)25/h4-7,9,23H,8H2,1-3H3,(H,24,25)(H,18,19,20). The summed E-state index contributed by atoms with van der Waals surface area (Å²) < 4.78 is 1.79. The molecule has 0 fully saturated rings. The number of fused-ring (bicyclic) bond motifs is 1. The van der Waals surface area contributed by atoms with Crippen LogP contribution in [0.5, 0.6) is 0 Å².